The van der Waals surface area contributed by atoms with Gasteiger partial charge in [-0.15, -0.1) is 11.3 Å². The van der Waals surface area contributed by atoms with Gasteiger partial charge >= 0.3 is 0 Å². The molecule has 2 aromatic rings. The molecule has 1 unspecified atom stereocenters. The number of hydrogen-bond donors (Lipinski definition) is 2. The molecule has 0 aliphatic carbocycles. The third kappa shape index (κ3) is 4.11. The van der Waals surface area contributed by atoms with Gasteiger partial charge in [-0.2, -0.15) is 0 Å². The van der Waals surface area contributed by atoms with E-state index in [1.807, 2.05) is 39.0 Å². The minimum absolute atomic E-state index is 0.0206. The van der Waals surface area contributed by atoms with Crippen molar-refractivity contribution in [2.24, 2.45) is 5.84 Å². The standard InChI is InChI=1S/C16H23N3OS/c1-4-20-16(2,3)14(19-17)10-15-18-13(11-21-15)12-8-6-5-7-9-12/h5-9,11,14,19H,4,10,17H2,1-3H3. The van der Waals surface area contributed by atoms with Crippen LogP contribution >= 0.6 is 11.3 Å². The Bertz CT molecular complexity index is 554. The second-order valence-corrected chi connectivity index (χ2v) is 6.40. The number of rotatable bonds is 7. The van der Waals surface area contributed by atoms with E-state index in [4.69, 9.17) is 15.6 Å². The normalized spacial score (nSPS) is 13.3. The second-order valence-electron chi connectivity index (χ2n) is 5.45. The molecule has 0 fully saturated rings. The first-order chi connectivity index (χ1) is 10.1. The van der Waals surface area contributed by atoms with Gasteiger partial charge in [-0.25, -0.2) is 4.98 Å². The molecule has 114 valence electrons. The van der Waals surface area contributed by atoms with Crippen molar-refractivity contribution in [2.45, 2.75) is 38.8 Å². The van der Waals surface area contributed by atoms with Crippen molar-refractivity contribution in [2.75, 3.05) is 6.61 Å². The number of nitrogens with one attached hydrogen (secondary N) is 1. The molecule has 21 heavy (non-hydrogen) atoms. The molecule has 1 heterocycles. The smallest absolute Gasteiger partial charge is 0.0949 e. The molecule has 0 saturated carbocycles. The zero-order valence-electron chi connectivity index (χ0n) is 12.8. The highest BCUT2D eigenvalue weighted by Gasteiger charge is 2.30. The monoisotopic (exact) mass is 305 g/mol. The summed E-state index contributed by atoms with van der Waals surface area (Å²) in [5, 5.41) is 3.15. The quantitative estimate of drug-likeness (QED) is 0.610. The number of benzene rings is 1. The Morgan fingerprint density at radius 1 is 1.33 bits per heavy atom. The van der Waals surface area contributed by atoms with Crippen LogP contribution in [0.15, 0.2) is 35.7 Å². The summed E-state index contributed by atoms with van der Waals surface area (Å²) in [5.41, 5.74) is 4.69. The largest absolute Gasteiger partial charge is 0.374 e. The van der Waals surface area contributed by atoms with Crippen LogP contribution in [0.2, 0.25) is 0 Å². The molecule has 1 aromatic carbocycles. The summed E-state index contributed by atoms with van der Waals surface area (Å²) >= 11 is 1.66. The van der Waals surface area contributed by atoms with Gasteiger partial charge in [0.2, 0.25) is 0 Å². The van der Waals surface area contributed by atoms with Crippen molar-refractivity contribution >= 4 is 11.3 Å². The van der Waals surface area contributed by atoms with E-state index in [0.717, 1.165) is 22.7 Å². The number of thiazole rings is 1. The fourth-order valence-corrected chi connectivity index (χ4v) is 3.15. The van der Waals surface area contributed by atoms with Gasteiger partial charge in [-0.3, -0.25) is 11.3 Å². The van der Waals surface area contributed by atoms with Crippen LogP contribution in [-0.2, 0) is 11.2 Å². The Morgan fingerprint density at radius 2 is 2.05 bits per heavy atom. The van der Waals surface area contributed by atoms with Crippen molar-refractivity contribution in [1.29, 1.82) is 0 Å². The van der Waals surface area contributed by atoms with Gasteiger partial charge < -0.3 is 4.74 Å². The summed E-state index contributed by atoms with van der Waals surface area (Å²) in [6.07, 6.45) is 0.751. The first-order valence-electron chi connectivity index (χ1n) is 7.16. The van der Waals surface area contributed by atoms with Crippen molar-refractivity contribution in [3.63, 3.8) is 0 Å². The predicted octanol–water partition coefficient (Wildman–Crippen LogP) is 3.00. The molecule has 5 heteroatoms. The van der Waals surface area contributed by atoms with Crippen molar-refractivity contribution in [3.8, 4) is 11.3 Å². The van der Waals surface area contributed by atoms with Crippen LogP contribution in [0.3, 0.4) is 0 Å². The van der Waals surface area contributed by atoms with E-state index in [9.17, 15) is 0 Å². The Hall–Kier alpha value is -1.27. The van der Waals surface area contributed by atoms with Crippen LogP contribution in [0.25, 0.3) is 11.3 Å². The van der Waals surface area contributed by atoms with Gasteiger partial charge in [0.15, 0.2) is 0 Å². The van der Waals surface area contributed by atoms with Crippen LogP contribution in [0.5, 0.6) is 0 Å². The molecule has 0 spiro atoms. The molecule has 1 aromatic heterocycles. The lowest BCUT2D eigenvalue weighted by atomic mass is 9.96. The van der Waals surface area contributed by atoms with Crippen molar-refractivity contribution in [1.82, 2.24) is 10.4 Å². The SMILES string of the molecule is CCOC(C)(C)C(Cc1nc(-c2ccccc2)cs1)NN. The molecule has 4 nitrogen and oxygen atoms in total. The summed E-state index contributed by atoms with van der Waals surface area (Å²) in [4.78, 5) is 4.71. The highest BCUT2D eigenvalue weighted by atomic mass is 32.1. The maximum Gasteiger partial charge on any atom is 0.0949 e. The highest BCUT2D eigenvalue weighted by Crippen LogP contribution is 2.25. The maximum absolute atomic E-state index is 5.78. The van der Waals surface area contributed by atoms with Gasteiger partial charge in [0.1, 0.15) is 0 Å². The van der Waals surface area contributed by atoms with Gasteiger partial charge in [0, 0.05) is 24.0 Å². The number of aromatic nitrogens is 1. The molecule has 3 N–H and O–H groups in total. The first kappa shape index (κ1) is 16.1. The average molecular weight is 305 g/mol. The number of nitrogens with two attached hydrogens (primary N) is 1. The fourth-order valence-electron chi connectivity index (χ4n) is 2.30. The summed E-state index contributed by atoms with van der Waals surface area (Å²) in [5.74, 6) is 5.70. The number of nitrogens with zero attached hydrogens (tertiary/aromatic N) is 1. The van der Waals surface area contributed by atoms with E-state index in [2.05, 4.69) is 22.9 Å². The minimum Gasteiger partial charge on any atom is -0.374 e. The lowest BCUT2D eigenvalue weighted by Crippen LogP contribution is -2.52. The van der Waals surface area contributed by atoms with E-state index in [1.165, 1.54) is 0 Å². The van der Waals surface area contributed by atoms with Crippen LogP contribution < -0.4 is 11.3 Å². The Labute approximate surface area is 130 Å². The zero-order chi connectivity index (χ0) is 15.3. The van der Waals surface area contributed by atoms with Gasteiger partial charge in [0.25, 0.3) is 0 Å². The van der Waals surface area contributed by atoms with Crippen LogP contribution in [-0.4, -0.2) is 23.2 Å². The van der Waals surface area contributed by atoms with Crippen molar-refractivity contribution < 1.29 is 4.74 Å². The fraction of sp³-hybridized carbons (Fsp3) is 0.438. The Kier molecular flexibility index (Phi) is 5.47. The number of ether oxygens (including phenoxy) is 1. The van der Waals surface area contributed by atoms with E-state index in [1.54, 1.807) is 11.3 Å². The molecule has 1 atom stereocenters. The summed E-state index contributed by atoms with van der Waals surface area (Å²) < 4.78 is 5.78. The predicted molar refractivity (Wildman–Crippen MR) is 88.1 cm³/mol. The molecule has 0 aliphatic rings. The number of hydrazine groups is 1. The molecular weight excluding hydrogens is 282 g/mol. The van der Waals surface area contributed by atoms with E-state index < -0.39 is 0 Å². The molecule has 0 bridgehead atoms. The zero-order valence-corrected chi connectivity index (χ0v) is 13.6. The molecule has 0 radical (unpaired) electrons. The Morgan fingerprint density at radius 3 is 2.67 bits per heavy atom. The average Bonchev–Trinajstić information content (AvgIpc) is 2.94. The second kappa shape index (κ2) is 7.13. The minimum atomic E-state index is -0.331. The van der Waals surface area contributed by atoms with Crippen molar-refractivity contribution in [3.05, 3.63) is 40.7 Å². The van der Waals surface area contributed by atoms with Crippen LogP contribution in [0.4, 0.5) is 0 Å². The molecule has 0 aliphatic heterocycles. The first-order valence-corrected chi connectivity index (χ1v) is 8.04. The summed E-state index contributed by atoms with van der Waals surface area (Å²) in [7, 11) is 0. The third-order valence-corrected chi connectivity index (χ3v) is 4.43. The van der Waals surface area contributed by atoms with Crippen LogP contribution in [0.1, 0.15) is 25.8 Å². The molecule has 2 rings (SSSR count). The van der Waals surface area contributed by atoms with Crippen LogP contribution in [0, 0.1) is 0 Å². The Balaban J connectivity index is 2.11. The lowest BCUT2D eigenvalue weighted by molar-refractivity contribution is -0.0380. The summed E-state index contributed by atoms with van der Waals surface area (Å²) in [6, 6.07) is 10.2. The van der Waals surface area contributed by atoms with Gasteiger partial charge in [-0.05, 0) is 20.8 Å². The highest BCUT2D eigenvalue weighted by molar-refractivity contribution is 7.09. The lowest BCUT2D eigenvalue weighted by Gasteiger charge is -2.33. The topological polar surface area (TPSA) is 60.2 Å². The maximum atomic E-state index is 5.78. The van der Waals surface area contributed by atoms with Gasteiger partial charge in [0.05, 0.1) is 22.3 Å². The molecule has 0 saturated heterocycles. The third-order valence-electron chi connectivity index (χ3n) is 3.56. The number of hydrogen-bond acceptors (Lipinski definition) is 5. The van der Waals surface area contributed by atoms with Gasteiger partial charge in [-0.1, -0.05) is 30.3 Å². The van der Waals surface area contributed by atoms with E-state index in [0.29, 0.717) is 6.61 Å². The molecular formula is C16H23N3OS. The molecule has 0 amide bonds. The van der Waals surface area contributed by atoms with E-state index in [-0.39, 0.29) is 11.6 Å². The van der Waals surface area contributed by atoms with E-state index >= 15 is 0 Å². The summed E-state index contributed by atoms with van der Waals surface area (Å²) in [6.45, 7) is 6.75.